The van der Waals surface area contributed by atoms with Crippen LogP contribution in [0.1, 0.15) is 20.9 Å². The topological polar surface area (TPSA) is 77.6 Å². The maximum absolute atomic E-state index is 12.5. The van der Waals surface area contributed by atoms with Crippen LogP contribution in [0.3, 0.4) is 0 Å². The van der Waals surface area contributed by atoms with E-state index in [-0.39, 0.29) is 5.91 Å². The summed E-state index contributed by atoms with van der Waals surface area (Å²) in [5.41, 5.74) is 1.86. The summed E-state index contributed by atoms with van der Waals surface area (Å²) in [6.45, 7) is 2.34. The Morgan fingerprint density at radius 1 is 1.36 bits per heavy atom. The quantitative estimate of drug-likeness (QED) is 0.612. The van der Waals surface area contributed by atoms with Gasteiger partial charge in [0.15, 0.2) is 0 Å². The molecule has 0 radical (unpaired) electrons. The zero-order valence-electron chi connectivity index (χ0n) is 13.8. The molecule has 4 aromatic heterocycles. The van der Waals surface area contributed by atoms with Crippen LogP contribution in [-0.2, 0) is 13.6 Å². The minimum atomic E-state index is -0.0963. The van der Waals surface area contributed by atoms with E-state index in [1.807, 2.05) is 47.6 Å². The van der Waals surface area contributed by atoms with E-state index in [1.165, 1.54) is 11.3 Å². The highest BCUT2D eigenvalue weighted by molar-refractivity contribution is 7.20. The zero-order valence-corrected chi connectivity index (χ0v) is 14.6. The molecule has 8 heteroatoms. The first-order chi connectivity index (χ1) is 12.1. The van der Waals surface area contributed by atoms with Crippen LogP contribution in [0.2, 0.25) is 0 Å². The molecule has 0 aliphatic carbocycles. The SMILES string of the molecule is Cc1nn(C)c2sc(C(=O)NCc3cccnc3-n3ccnc3)cc12. The monoisotopic (exact) mass is 352 g/mol. The van der Waals surface area contributed by atoms with Crippen LogP contribution < -0.4 is 5.32 Å². The largest absolute Gasteiger partial charge is 0.347 e. The third-order valence-electron chi connectivity index (χ3n) is 3.98. The molecule has 4 aromatic rings. The number of nitrogens with one attached hydrogen (secondary N) is 1. The molecule has 0 fully saturated rings. The van der Waals surface area contributed by atoms with Gasteiger partial charge in [0.2, 0.25) is 0 Å². The Labute approximate surface area is 148 Å². The smallest absolute Gasteiger partial charge is 0.261 e. The highest BCUT2D eigenvalue weighted by Crippen LogP contribution is 2.27. The van der Waals surface area contributed by atoms with Crippen molar-refractivity contribution in [3.05, 3.63) is 59.3 Å². The number of fused-ring (bicyclic) bond motifs is 1. The summed E-state index contributed by atoms with van der Waals surface area (Å²) >= 11 is 1.45. The van der Waals surface area contributed by atoms with E-state index in [0.717, 1.165) is 27.3 Å². The van der Waals surface area contributed by atoms with Crippen molar-refractivity contribution in [3.8, 4) is 5.82 Å². The molecule has 0 aliphatic heterocycles. The third-order valence-corrected chi connectivity index (χ3v) is 5.18. The Morgan fingerprint density at radius 3 is 3.00 bits per heavy atom. The lowest BCUT2D eigenvalue weighted by atomic mass is 10.2. The van der Waals surface area contributed by atoms with Gasteiger partial charge in [-0.3, -0.25) is 14.0 Å². The summed E-state index contributed by atoms with van der Waals surface area (Å²) in [4.78, 5) is 22.6. The molecular formula is C17H16N6OS. The third kappa shape index (κ3) is 2.80. The number of amides is 1. The van der Waals surface area contributed by atoms with Crippen LogP contribution in [0.15, 0.2) is 43.1 Å². The molecule has 1 amide bonds. The number of carbonyl (C=O) groups excluding carboxylic acids is 1. The Bertz CT molecular complexity index is 1010. The van der Waals surface area contributed by atoms with E-state index in [2.05, 4.69) is 20.4 Å². The number of imidazole rings is 1. The lowest BCUT2D eigenvalue weighted by Crippen LogP contribution is -2.22. The van der Waals surface area contributed by atoms with Crippen LogP contribution in [0.25, 0.3) is 16.0 Å². The van der Waals surface area contributed by atoms with Gasteiger partial charge in [0.1, 0.15) is 17.0 Å². The van der Waals surface area contributed by atoms with Crippen molar-refractivity contribution >= 4 is 27.5 Å². The molecule has 0 bridgehead atoms. The second kappa shape index (κ2) is 6.14. The summed E-state index contributed by atoms with van der Waals surface area (Å²) in [6, 6.07) is 5.70. The van der Waals surface area contributed by atoms with Crippen LogP contribution in [0, 0.1) is 6.92 Å². The first-order valence-corrected chi connectivity index (χ1v) is 8.58. The Balaban J connectivity index is 1.55. The van der Waals surface area contributed by atoms with Crippen LogP contribution in [-0.4, -0.2) is 30.2 Å². The second-order valence-electron chi connectivity index (χ2n) is 5.68. The predicted octanol–water partition coefficient (Wildman–Crippen LogP) is 2.45. The van der Waals surface area contributed by atoms with E-state index in [0.29, 0.717) is 11.4 Å². The molecule has 0 saturated heterocycles. The van der Waals surface area contributed by atoms with E-state index in [1.54, 1.807) is 18.7 Å². The van der Waals surface area contributed by atoms with Gasteiger partial charge >= 0.3 is 0 Å². The highest BCUT2D eigenvalue weighted by Gasteiger charge is 2.15. The molecule has 0 aromatic carbocycles. The maximum Gasteiger partial charge on any atom is 0.261 e. The lowest BCUT2D eigenvalue weighted by Gasteiger charge is -2.09. The standard InChI is InChI=1S/C17H16N6OS/c1-11-13-8-14(25-17(13)22(2)21-11)16(24)20-9-12-4-3-5-19-15(12)23-7-6-18-10-23/h3-8,10H,9H2,1-2H3,(H,20,24). The number of carbonyl (C=O) groups is 1. The van der Waals surface area contributed by atoms with Crippen molar-refractivity contribution < 1.29 is 4.79 Å². The number of hydrogen-bond acceptors (Lipinski definition) is 5. The molecule has 7 nitrogen and oxygen atoms in total. The van der Waals surface area contributed by atoms with Crippen molar-refractivity contribution in [2.75, 3.05) is 0 Å². The second-order valence-corrected chi connectivity index (χ2v) is 6.71. The summed E-state index contributed by atoms with van der Waals surface area (Å²) in [6.07, 6.45) is 6.94. The number of aromatic nitrogens is 5. The van der Waals surface area contributed by atoms with E-state index >= 15 is 0 Å². The minimum Gasteiger partial charge on any atom is -0.347 e. The van der Waals surface area contributed by atoms with Crippen LogP contribution >= 0.6 is 11.3 Å². The normalized spacial score (nSPS) is 11.1. The molecule has 4 heterocycles. The van der Waals surface area contributed by atoms with Crippen molar-refractivity contribution in [2.45, 2.75) is 13.5 Å². The molecule has 1 N–H and O–H groups in total. The number of rotatable bonds is 4. The summed E-state index contributed by atoms with van der Waals surface area (Å²) in [7, 11) is 1.89. The molecule has 0 saturated carbocycles. The van der Waals surface area contributed by atoms with Crippen molar-refractivity contribution in [2.24, 2.45) is 7.05 Å². The first kappa shape index (κ1) is 15.5. The lowest BCUT2D eigenvalue weighted by molar-refractivity contribution is 0.0955. The van der Waals surface area contributed by atoms with E-state index in [4.69, 9.17) is 0 Å². The van der Waals surface area contributed by atoms with Crippen molar-refractivity contribution in [1.29, 1.82) is 0 Å². The Hall–Kier alpha value is -3.00. The molecule has 126 valence electrons. The first-order valence-electron chi connectivity index (χ1n) is 7.77. The average Bonchev–Trinajstić information content (AvgIpc) is 3.33. The van der Waals surface area contributed by atoms with Gasteiger partial charge in [0.05, 0.1) is 10.6 Å². The molecule has 0 spiro atoms. The number of thiophene rings is 1. The zero-order chi connectivity index (χ0) is 17.4. The van der Waals surface area contributed by atoms with Crippen LogP contribution in [0.5, 0.6) is 0 Å². The fourth-order valence-corrected chi connectivity index (χ4v) is 3.80. The fourth-order valence-electron chi connectivity index (χ4n) is 2.76. The minimum absolute atomic E-state index is 0.0963. The molecule has 0 unspecified atom stereocenters. The van der Waals surface area contributed by atoms with Gasteiger partial charge in [0, 0.05) is 43.1 Å². The summed E-state index contributed by atoms with van der Waals surface area (Å²) < 4.78 is 3.64. The van der Waals surface area contributed by atoms with Gasteiger partial charge in [0.25, 0.3) is 5.91 Å². The van der Waals surface area contributed by atoms with Gasteiger partial charge < -0.3 is 5.32 Å². The van der Waals surface area contributed by atoms with Crippen LogP contribution in [0.4, 0.5) is 0 Å². The predicted molar refractivity (Wildman–Crippen MR) is 95.9 cm³/mol. The number of hydrogen-bond donors (Lipinski definition) is 1. The molecule has 4 rings (SSSR count). The Morgan fingerprint density at radius 2 is 2.24 bits per heavy atom. The molecule has 0 atom stereocenters. The Kier molecular flexibility index (Phi) is 3.81. The van der Waals surface area contributed by atoms with Gasteiger partial charge in [-0.1, -0.05) is 6.07 Å². The van der Waals surface area contributed by atoms with Crippen molar-refractivity contribution in [1.82, 2.24) is 29.6 Å². The maximum atomic E-state index is 12.5. The van der Waals surface area contributed by atoms with Gasteiger partial charge in [-0.2, -0.15) is 5.10 Å². The van der Waals surface area contributed by atoms with Gasteiger partial charge in [-0.25, -0.2) is 9.97 Å². The molecule has 0 aliphatic rings. The fraction of sp³-hybridized carbons (Fsp3) is 0.176. The molecular weight excluding hydrogens is 336 g/mol. The van der Waals surface area contributed by atoms with E-state index < -0.39 is 0 Å². The summed E-state index contributed by atoms with van der Waals surface area (Å²) in [5.74, 6) is 0.665. The van der Waals surface area contributed by atoms with Crippen molar-refractivity contribution in [3.63, 3.8) is 0 Å². The van der Waals surface area contributed by atoms with Gasteiger partial charge in [-0.05, 0) is 19.1 Å². The number of aryl methyl sites for hydroxylation is 2. The van der Waals surface area contributed by atoms with Gasteiger partial charge in [-0.15, -0.1) is 11.3 Å². The average molecular weight is 352 g/mol. The van der Waals surface area contributed by atoms with E-state index in [9.17, 15) is 4.79 Å². The summed E-state index contributed by atoms with van der Waals surface area (Å²) in [5, 5.41) is 8.36. The highest BCUT2D eigenvalue weighted by atomic mass is 32.1. The number of pyridine rings is 1. The number of nitrogens with zero attached hydrogens (tertiary/aromatic N) is 5. The molecule has 25 heavy (non-hydrogen) atoms.